The van der Waals surface area contributed by atoms with E-state index >= 15 is 0 Å². The SMILES string of the molecule is CC1CCC(COc2ccc(F)cc2[C@@H](C)N)O1. The van der Waals surface area contributed by atoms with Crippen LogP contribution in [-0.2, 0) is 4.74 Å². The molecule has 1 aromatic rings. The Bertz CT molecular complexity index is 409. The summed E-state index contributed by atoms with van der Waals surface area (Å²) in [6.07, 6.45) is 2.51. The van der Waals surface area contributed by atoms with Crippen LogP contribution in [0.15, 0.2) is 18.2 Å². The van der Waals surface area contributed by atoms with Gasteiger partial charge in [-0.2, -0.15) is 0 Å². The zero-order valence-corrected chi connectivity index (χ0v) is 10.9. The van der Waals surface area contributed by atoms with Gasteiger partial charge in [0.05, 0.1) is 12.2 Å². The molecule has 3 atom stereocenters. The molecule has 1 saturated heterocycles. The lowest BCUT2D eigenvalue weighted by atomic mass is 10.1. The van der Waals surface area contributed by atoms with Crippen molar-refractivity contribution in [3.63, 3.8) is 0 Å². The Labute approximate surface area is 107 Å². The van der Waals surface area contributed by atoms with Crippen LogP contribution in [0, 0.1) is 5.82 Å². The second kappa shape index (κ2) is 5.67. The molecule has 1 fully saturated rings. The van der Waals surface area contributed by atoms with Gasteiger partial charge in [-0.25, -0.2) is 4.39 Å². The Morgan fingerprint density at radius 3 is 2.89 bits per heavy atom. The Morgan fingerprint density at radius 1 is 1.50 bits per heavy atom. The van der Waals surface area contributed by atoms with Crippen molar-refractivity contribution in [1.82, 2.24) is 0 Å². The first-order chi connectivity index (χ1) is 8.56. The van der Waals surface area contributed by atoms with Crippen molar-refractivity contribution in [2.75, 3.05) is 6.61 Å². The van der Waals surface area contributed by atoms with Crippen molar-refractivity contribution in [1.29, 1.82) is 0 Å². The average Bonchev–Trinajstić information content (AvgIpc) is 2.73. The molecule has 18 heavy (non-hydrogen) atoms. The largest absolute Gasteiger partial charge is 0.491 e. The molecule has 3 nitrogen and oxygen atoms in total. The molecule has 4 heteroatoms. The molecule has 0 bridgehead atoms. The van der Waals surface area contributed by atoms with E-state index in [1.165, 1.54) is 12.1 Å². The van der Waals surface area contributed by atoms with Crippen LogP contribution in [-0.4, -0.2) is 18.8 Å². The van der Waals surface area contributed by atoms with Crippen molar-refractivity contribution in [2.24, 2.45) is 5.73 Å². The molecule has 0 aliphatic carbocycles. The molecule has 0 amide bonds. The van der Waals surface area contributed by atoms with Gasteiger partial charge in [0.1, 0.15) is 18.2 Å². The second-order valence-corrected chi connectivity index (χ2v) is 4.93. The number of hydrogen-bond donors (Lipinski definition) is 1. The van der Waals surface area contributed by atoms with Gasteiger partial charge in [0, 0.05) is 11.6 Å². The monoisotopic (exact) mass is 253 g/mol. The van der Waals surface area contributed by atoms with E-state index in [0.29, 0.717) is 24.0 Å². The number of ether oxygens (including phenoxy) is 2. The minimum atomic E-state index is -0.291. The van der Waals surface area contributed by atoms with Crippen molar-refractivity contribution in [2.45, 2.75) is 44.9 Å². The Balaban J connectivity index is 2.00. The highest BCUT2D eigenvalue weighted by Gasteiger charge is 2.22. The van der Waals surface area contributed by atoms with Gasteiger partial charge in [-0.1, -0.05) is 0 Å². The number of nitrogens with two attached hydrogens (primary N) is 1. The highest BCUT2D eigenvalue weighted by molar-refractivity contribution is 5.36. The van der Waals surface area contributed by atoms with Crippen LogP contribution in [0.1, 0.15) is 38.3 Å². The minimum Gasteiger partial charge on any atom is -0.491 e. The van der Waals surface area contributed by atoms with Crippen molar-refractivity contribution < 1.29 is 13.9 Å². The van der Waals surface area contributed by atoms with E-state index in [1.54, 1.807) is 6.07 Å². The Kier molecular flexibility index (Phi) is 4.19. The van der Waals surface area contributed by atoms with Gasteiger partial charge in [-0.05, 0) is 44.9 Å². The maximum absolute atomic E-state index is 13.2. The molecule has 0 saturated carbocycles. The molecular weight excluding hydrogens is 233 g/mol. The minimum absolute atomic E-state index is 0.131. The van der Waals surface area contributed by atoms with Gasteiger partial charge in [0.25, 0.3) is 0 Å². The van der Waals surface area contributed by atoms with Gasteiger partial charge in [-0.3, -0.25) is 0 Å². The summed E-state index contributed by atoms with van der Waals surface area (Å²) in [5, 5.41) is 0. The van der Waals surface area contributed by atoms with Crippen molar-refractivity contribution in [3.8, 4) is 5.75 Å². The molecule has 0 radical (unpaired) electrons. The summed E-state index contributed by atoms with van der Waals surface area (Å²) in [7, 11) is 0. The second-order valence-electron chi connectivity index (χ2n) is 4.93. The average molecular weight is 253 g/mol. The maximum atomic E-state index is 13.2. The number of benzene rings is 1. The van der Waals surface area contributed by atoms with E-state index in [4.69, 9.17) is 15.2 Å². The van der Waals surface area contributed by atoms with Gasteiger partial charge in [-0.15, -0.1) is 0 Å². The fourth-order valence-corrected chi connectivity index (χ4v) is 2.20. The summed E-state index contributed by atoms with van der Waals surface area (Å²) >= 11 is 0. The number of halogens is 1. The van der Waals surface area contributed by atoms with E-state index < -0.39 is 0 Å². The molecule has 1 aliphatic heterocycles. The summed E-state index contributed by atoms with van der Waals surface area (Å²) in [5.41, 5.74) is 6.51. The molecule has 2 unspecified atom stereocenters. The van der Waals surface area contributed by atoms with Crippen LogP contribution >= 0.6 is 0 Å². The molecule has 0 aromatic heterocycles. The van der Waals surface area contributed by atoms with E-state index in [9.17, 15) is 4.39 Å². The van der Waals surface area contributed by atoms with Crippen LogP contribution in [0.3, 0.4) is 0 Å². The van der Waals surface area contributed by atoms with E-state index in [1.807, 2.05) is 6.92 Å². The van der Waals surface area contributed by atoms with Crippen LogP contribution < -0.4 is 10.5 Å². The first-order valence-corrected chi connectivity index (χ1v) is 6.39. The third kappa shape index (κ3) is 3.21. The topological polar surface area (TPSA) is 44.5 Å². The zero-order valence-electron chi connectivity index (χ0n) is 10.9. The predicted octanol–water partition coefficient (Wildman–Crippen LogP) is 2.79. The van der Waals surface area contributed by atoms with E-state index in [2.05, 4.69) is 6.92 Å². The first-order valence-electron chi connectivity index (χ1n) is 6.39. The molecule has 2 N–H and O–H groups in total. The number of hydrogen-bond acceptors (Lipinski definition) is 3. The lowest BCUT2D eigenvalue weighted by molar-refractivity contribution is 0.0262. The lowest BCUT2D eigenvalue weighted by Gasteiger charge is -2.17. The maximum Gasteiger partial charge on any atom is 0.124 e. The lowest BCUT2D eigenvalue weighted by Crippen LogP contribution is -2.19. The van der Waals surface area contributed by atoms with Crippen LogP contribution in [0.2, 0.25) is 0 Å². The van der Waals surface area contributed by atoms with Gasteiger partial charge < -0.3 is 15.2 Å². The van der Waals surface area contributed by atoms with Gasteiger partial charge >= 0.3 is 0 Å². The first kappa shape index (κ1) is 13.3. The van der Waals surface area contributed by atoms with Crippen LogP contribution in [0.25, 0.3) is 0 Å². The van der Waals surface area contributed by atoms with Crippen molar-refractivity contribution >= 4 is 0 Å². The molecule has 1 heterocycles. The molecule has 1 aliphatic rings. The standard InChI is InChI=1S/C14H20FNO2/c1-9-3-5-12(18-9)8-17-14-6-4-11(15)7-13(14)10(2)16/h4,6-7,9-10,12H,3,5,8,16H2,1-2H3/t9?,10-,12?/m1/s1. The summed E-state index contributed by atoms with van der Waals surface area (Å²) < 4.78 is 24.6. The fraction of sp³-hybridized carbons (Fsp3) is 0.571. The summed E-state index contributed by atoms with van der Waals surface area (Å²) in [4.78, 5) is 0. The third-order valence-electron chi connectivity index (χ3n) is 3.21. The summed E-state index contributed by atoms with van der Waals surface area (Å²) in [5.74, 6) is 0.356. The number of rotatable bonds is 4. The normalized spacial score (nSPS) is 25.1. The molecule has 100 valence electrons. The Morgan fingerprint density at radius 2 is 2.28 bits per heavy atom. The third-order valence-corrected chi connectivity index (χ3v) is 3.21. The summed E-state index contributed by atoms with van der Waals surface area (Å²) in [6.45, 7) is 4.37. The van der Waals surface area contributed by atoms with Crippen LogP contribution in [0.5, 0.6) is 5.75 Å². The van der Waals surface area contributed by atoms with E-state index in [-0.39, 0.29) is 18.0 Å². The summed E-state index contributed by atoms with van der Waals surface area (Å²) in [6, 6.07) is 4.20. The molecule has 0 spiro atoms. The smallest absolute Gasteiger partial charge is 0.124 e. The quantitative estimate of drug-likeness (QED) is 0.897. The molecule has 1 aromatic carbocycles. The zero-order chi connectivity index (χ0) is 13.1. The predicted molar refractivity (Wildman–Crippen MR) is 68.1 cm³/mol. The van der Waals surface area contributed by atoms with E-state index in [0.717, 1.165) is 12.8 Å². The molecular formula is C14H20FNO2. The highest BCUT2D eigenvalue weighted by atomic mass is 19.1. The Hall–Kier alpha value is -1.13. The highest BCUT2D eigenvalue weighted by Crippen LogP contribution is 2.26. The van der Waals surface area contributed by atoms with Crippen molar-refractivity contribution in [3.05, 3.63) is 29.6 Å². The van der Waals surface area contributed by atoms with Gasteiger partial charge in [0.2, 0.25) is 0 Å². The fourth-order valence-electron chi connectivity index (χ4n) is 2.20. The van der Waals surface area contributed by atoms with Gasteiger partial charge in [0.15, 0.2) is 0 Å². The molecule has 2 rings (SSSR count). The van der Waals surface area contributed by atoms with Crippen LogP contribution in [0.4, 0.5) is 4.39 Å².